The molecule has 1 aliphatic rings. The van der Waals surface area contributed by atoms with E-state index >= 15 is 0 Å². The molecule has 1 aromatic carbocycles. The second-order valence-corrected chi connectivity index (χ2v) is 7.19. The Balaban J connectivity index is 2.06. The Hall–Kier alpha value is -1.55. The maximum Gasteiger partial charge on any atom is 0.256 e. The van der Waals surface area contributed by atoms with Gasteiger partial charge in [0, 0.05) is 12.3 Å². The molecule has 0 bridgehead atoms. The first kappa shape index (κ1) is 18.8. The fourth-order valence-corrected chi connectivity index (χ4v) is 3.34. The van der Waals surface area contributed by atoms with Gasteiger partial charge in [-0.1, -0.05) is 20.3 Å². The van der Waals surface area contributed by atoms with Crippen molar-refractivity contribution in [2.45, 2.75) is 71.5 Å². The van der Waals surface area contributed by atoms with Crippen molar-refractivity contribution in [2.75, 3.05) is 11.9 Å². The van der Waals surface area contributed by atoms with Crippen LogP contribution in [0.25, 0.3) is 0 Å². The molecule has 4 heteroatoms. The van der Waals surface area contributed by atoms with Gasteiger partial charge in [-0.25, -0.2) is 0 Å². The van der Waals surface area contributed by atoms with Gasteiger partial charge < -0.3 is 14.8 Å². The molecule has 2 atom stereocenters. The standard InChI is InChI=1S/C20H31NO3/c1-5-13-23-20(12-6-7-16(4)14-20)19(22)21-17-8-10-18(11-9-17)24-15(2)3/h8-11,15-16H,5-7,12-14H2,1-4H3,(H,21,22)/t16-,20+/m0/s1. The van der Waals surface area contributed by atoms with Gasteiger partial charge in [-0.05, 0) is 69.7 Å². The van der Waals surface area contributed by atoms with Crippen LogP contribution in [0.5, 0.6) is 5.75 Å². The van der Waals surface area contributed by atoms with Gasteiger partial charge in [0.2, 0.25) is 0 Å². The number of hydrogen-bond acceptors (Lipinski definition) is 3. The van der Waals surface area contributed by atoms with Crippen molar-refractivity contribution in [1.82, 2.24) is 0 Å². The smallest absolute Gasteiger partial charge is 0.256 e. The number of rotatable bonds is 7. The third-order valence-electron chi connectivity index (χ3n) is 4.44. The molecule has 0 unspecified atom stereocenters. The van der Waals surface area contributed by atoms with E-state index in [1.165, 1.54) is 6.42 Å². The van der Waals surface area contributed by atoms with E-state index in [1.807, 2.05) is 38.1 Å². The highest BCUT2D eigenvalue weighted by molar-refractivity contribution is 5.97. The molecular formula is C20H31NO3. The number of amides is 1. The topological polar surface area (TPSA) is 47.6 Å². The molecule has 1 N–H and O–H groups in total. The van der Waals surface area contributed by atoms with Crippen molar-refractivity contribution in [3.05, 3.63) is 24.3 Å². The number of anilines is 1. The molecule has 4 nitrogen and oxygen atoms in total. The van der Waals surface area contributed by atoms with Crippen LogP contribution in [0.15, 0.2) is 24.3 Å². The first-order valence-corrected chi connectivity index (χ1v) is 9.17. The third kappa shape index (κ3) is 4.97. The molecule has 1 aromatic rings. The van der Waals surface area contributed by atoms with Crippen LogP contribution in [0.1, 0.15) is 59.8 Å². The number of carbonyl (C=O) groups excluding carboxylic acids is 1. The van der Waals surface area contributed by atoms with E-state index in [0.717, 1.165) is 37.1 Å². The van der Waals surface area contributed by atoms with Gasteiger partial charge in [-0.3, -0.25) is 4.79 Å². The lowest BCUT2D eigenvalue weighted by Gasteiger charge is -2.38. The van der Waals surface area contributed by atoms with Gasteiger partial charge in [-0.2, -0.15) is 0 Å². The largest absolute Gasteiger partial charge is 0.491 e. The van der Waals surface area contributed by atoms with E-state index in [0.29, 0.717) is 12.5 Å². The third-order valence-corrected chi connectivity index (χ3v) is 4.44. The molecule has 2 rings (SSSR count). The minimum atomic E-state index is -0.680. The summed E-state index contributed by atoms with van der Waals surface area (Å²) < 4.78 is 11.7. The summed E-state index contributed by atoms with van der Waals surface area (Å²) in [5.74, 6) is 1.31. The summed E-state index contributed by atoms with van der Waals surface area (Å²) in [6.07, 6.45) is 4.88. The van der Waals surface area contributed by atoms with Crippen LogP contribution in [0.3, 0.4) is 0 Å². The molecular weight excluding hydrogens is 302 g/mol. The second-order valence-electron chi connectivity index (χ2n) is 7.19. The molecule has 0 spiro atoms. The van der Waals surface area contributed by atoms with Crippen molar-refractivity contribution in [1.29, 1.82) is 0 Å². The van der Waals surface area contributed by atoms with Gasteiger partial charge in [-0.15, -0.1) is 0 Å². The lowest BCUT2D eigenvalue weighted by molar-refractivity contribution is -0.148. The number of nitrogens with one attached hydrogen (secondary N) is 1. The summed E-state index contributed by atoms with van der Waals surface area (Å²) in [7, 11) is 0. The Morgan fingerprint density at radius 3 is 2.62 bits per heavy atom. The van der Waals surface area contributed by atoms with Crippen LogP contribution < -0.4 is 10.1 Å². The van der Waals surface area contributed by atoms with Crippen molar-refractivity contribution in [3.8, 4) is 5.75 Å². The molecule has 0 radical (unpaired) electrons. The Morgan fingerprint density at radius 1 is 1.33 bits per heavy atom. The molecule has 0 aromatic heterocycles. The lowest BCUT2D eigenvalue weighted by Crippen LogP contribution is -2.48. The van der Waals surface area contributed by atoms with E-state index in [9.17, 15) is 4.79 Å². The highest BCUT2D eigenvalue weighted by atomic mass is 16.5. The fraction of sp³-hybridized carbons (Fsp3) is 0.650. The predicted molar refractivity (Wildman–Crippen MR) is 97.4 cm³/mol. The zero-order chi connectivity index (χ0) is 17.6. The van der Waals surface area contributed by atoms with Crippen LogP contribution in [0.2, 0.25) is 0 Å². The number of benzene rings is 1. The summed E-state index contributed by atoms with van der Waals surface area (Å²) in [5.41, 5.74) is 0.106. The van der Waals surface area contributed by atoms with Crippen LogP contribution in [-0.4, -0.2) is 24.2 Å². The van der Waals surface area contributed by atoms with Gasteiger partial charge >= 0.3 is 0 Å². The van der Waals surface area contributed by atoms with Gasteiger partial charge in [0.05, 0.1) is 6.10 Å². The molecule has 1 aliphatic carbocycles. The maximum absolute atomic E-state index is 12.9. The maximum atomic E-state index is 12.9. The van der Waals surface area contributed by atoms with E-state index < -0.39 is 5.60 Å². The quantitative estimate of drug-likeness (QED) is 0.780. The van der Waals surface area contributed by atoms with Gasteiger partial charge in [0.1, 0.15) is 11.4 Å². The highest BCUT2D eigenvalue weighted by Gasteiger charge is 2.42. The molecule has 134 valence electrons. The Kier molecular flexibility index (Phi) is 6.67. The Bertz CT molecular complexity index is 526. The van der Waals surface area contributed by atoms with Crippen LogP contribution in [-0.2, 0) is 9.53 Å². The fourth-order valence-electron chi connectivity index (χ4n) is 3.34. The predicted octanol–water partition coefficient (Wildman–Crippen LogP) is 4.79. The number of ether oxygens (including phenoxy) is 2. The first-order valence-electron chi connectivity index (χ1n) is 9.17. The molecule has 0 saturated heterocycles. The Morgan fingerprint density at radius 2 is 2.04 bits per heavy atom. The SMILES string of the molecule is CCCO[C@]1(C(=O)Nc2ccc(OC(C)C)cc2)CCC[C@H](C)C1. The minimum absolute atomic E-state index is 0.0139. The summed E-state index contributed by atoms with van der Waals surface area (Å²) in [6.45, 7) is 8.89. The first-order chi connectivity index (χ1) is 11.4. The molecule has 24 heavy (non-hydrogen) atoms. The normalized spacial score (nSPS) is 24.0. The summed E-state index contributed by atoms with van der Waals surface area (Å²) in [4.78, 5) is 12.9. The number of carbonyl (C=O) groups is 1. The molecule has 1 saturated carbocycles. The van der Waals surface area contributed by atoms with Crippen molar-refractivity contribution in [3.63, 3.8) is 0 Å². The highest BCUT2D eigenvalue weighted by Crippen LogP contribution is 2.36. The van der Waals surface area contributed by atoms with Gasteiger partial charge in [0.25, 0.3) is 5.91 Å². The van der Waals surface area contributed by atoms with E-state index in [2.05, 4.69) is 19.2 Å². The zero-order valence-electron chi connectivity index (χ0n) is 15.4. The van der Waals surface area contributed by atoms with Crippen molar-refractivity contribution in [2.24, 2.45) is 5.92 Å². The second kappa shape index (κ2) is 8.52. The lowest BCUT2D eigenvalue weighted by atomic mass is 9.78. The number of hydrogen-bond donors (Lipinski definition) is 1. The van der Waals surface area contributed by atoms with Crippen LogP contribution >= 0.6 is 0 Å². The van der Waals surface area contributed by atoms with Crippen LogP contribution in [0.4, 0.5) is 5.69 Å². The van der Waals surface area contributed by atoms with Crippen molar-refractivity contribution < 1.29 is 14.3 Å². The van der Waals surface area contributed by atoms with Gasteiger partial charge in [0.15, 0.2) is 0 Å². The Labute approximate surface area is 145 Å². The molecule has 0 aliphatic heterocycles. The average Bonchev–Trinajstić information content (AvgIpc) is 2.54. The summed E-state index contributed by atoms with van der Waals surface area (Å²) in [6, 6.07) is 7.54. The van der Waals surface area contributed by atoms with E-state index in [-0.39, 0.29) is 12.0 Å². The molecule has 0 heterocycles. The van der Waals surface area contributed by atoms with Crippen molar-refractivity contribution >= 4 is 11.6 Å². The zero-order valence-corrected chi connectivity index (χ0v) is 15.4. The van der Waals surface area contributed by atoms with E-state index in [4.69, 9.17) is 9.47 Å². The van der Waals surface area contributed by atoms with Crippen LogP contribution in [0, 0.1) is 5.92 Å². The summed E-state index contributed by atoms with van der Waals surface area (Å²) in [5, 5.41) is 3.04. The molecule has 1 fully saturated rings. The monoisotopic (exact) mass is 333 g/mol. The van der Waals surface area contributed by atoms with E-state index in [1.54, 1.807) is 0 Å². The minimum Gasteiger partial charge on any atom is -0.491 e. The molecule has 1 amide bonds. The summed E-state index contributed by atoms with van der Waals surface area (Å²) >= 11 is 0. The average molecular weight is 333 g/mol.